The highest BCUT2D eigenvalue weighted by Crippen LogP contribution is 2.13. The second kappa shape index (κ2) is 26.1. The van der Waals surface area contributed by atoms with Gasteiger partial charge in [0.05, 0.1) is 5.75 Å². The Kier molecular flexibility index (Phi) is 25.6. The molecule has 0 saturated carbocycles. The fourth-order valence-electron chi connectivity index (χ4n) is 3.97. The number of amides is 1. The van der Waals surface area contributed by atoms with Crippen LogP contribution in [0.5, 0.6) is 0 Å². The number of carbonyl (C=O) groups is 1. The third-order valence-corrected chi connectivity index (χ3v) is 8.06. The molecule has 2 N–H and O–H groups in total. The van der Waals surface area contributed by atoms with Gasteiger partial charge in [0, 0.05) is 26.1 Å². The molecule has 1 amide bonds. The van der Waals surface area contributed by atoms with E-state index in [-0.39, 0.29) is 18.9 Å². The van der Waals surface area contributed by atoms with Crippen molar-refractivity contribution in [1.29, 1.82) is 0 Å². The van der Waals surface area contributed by atoms with Crippen LogP contribution in [0, 0.1) is 0 Å². The lowest BCUT2D eigenvalue weighted by atomic mass is 10.0. The molecular formula is C27H55ClN2O5S. The van der Waals surface area contributed by atoms with Gasteiger partial charge in [0.2, 0.25) is 10.0 Å². The van der Waals surface area contributed by atoms with Gasteiger partial charge in [0.15, 0.2) is 0 Å². The normalized spacial score (nSPS) is 12.5. The van der Waals surface area contributed by atoms with Crippen LogP contribution in [0.2, 0.25) is 0 Å². The third kappa shape index (κ3) is 25.1. The molecule has 0 aromatic heterocycles. The average Bonchev–Trinajstić information content (AvgIpc) is 2.86. The Balaban J connectivity index is 3.52. The van der Waals surface area contributed by atoms with E-state index in [0.29, 0.717) is 25.3 Å². The van der Waals surface area contributed by atoms with Gasteiger partial charge in [-0.25, -0.2) is 17.9 Å². The molecule has 0 aromatic rings. The van der Waals surface area contributed by atoms with E-state index in [1.165, 1.54) is 97.0 Å². The summed E-state index contributed by atoms with van der Waals surface area (Å²) in [6.07, 6.45) is 21.2. The summed E-state index contributed by atoms with van der Waals surface area (Å²) in [7, 11) is -1.92. The molecule has 0 aliphatic rings. The highest BCUT2D eigenvalue weighted by atomic mass is 35.5. The molecule has 216 valence electrons. The van der Waals surface area contributed by atoms with Gasteiger partial charge in [-0.05, 0) is 19.3 Å². The van der Waals surface area contributed by atoms with Crippen LogP contribution in [0.25, 0.3) is 0 Å². The number of hydrogen-bond donors (Lipinski definition) is 2. The zero-order valence-corrected chi connectivity index (χ0v) is 24.7. The monoisotopic (exact) mass is 554 g/mol. The van der Waals surface area contributed by atoms with E-state index in [1.807, 2.05) is 0 Å². The minimum atomic E-state index is -3.38. The molecule has 0 heterocycles. The molecule has 0 saturated heterocycles. The largest absolute Gasteiger partial charge is 0.447 e. The van der Waals surface area contributed by atoms with Crippen LogP contribution in [0.1, 0.15) is 122 Å². The summed E-state index contributed by atoms with van der Waals surface area (Å²) < 4.78 is 36.7. The Bertz CT molecular complexity index is 593. The Morgan fingerprint density at radius 1 is 0.778 bits per heavy atom. The lowest BCUT2D eigenvalue weighted by Gasteiger charge is -2.16. The highest BCUT2D eigenvalue weighted by molar-refractivity contribution is 7.89. The van der Waals surface area contributed by atoms with Gasteiger partial charge in [0.25, 0.3) is 0 Å². The molecule has 0 radical (unpaired) electrons. The van der Waals surface area contributed by atoms with Crippen LogP contribution in [0.15, 0.2) is 0 Å². The standard InChI is InChI=1S/C27H55ClN2O5S/c1-3-4-5-6-7-8-9-10-11-12-13-14-15-16-17-19-22-29-27(31)35-25-26(34-2)24-30-36(32,33)23-20-18-21-28/h26,30H,3-25H2,1-2H3,(H,29,31). The molecule has 0 aliphatic carbocycles. The summed E-state index contributed by atoms with van der Waals surface area (Å²) >= 11 is 5.57. The van der Waals surface area contributed by atoms with Gasteiger partial charge in [-0.15, -0.1) is 11.6 Å². The zero-order chi connectivity index (χ0) is 26.7. The number of ether oxygens (including phenoxy) is 2. The Morgan fingerprint density at radius 3 is 1.75 bits per heavy atom. The van der Waals surface area contributed by atoms with E-state index in [0.717, 1.165) is 12.8 Å². The number of sulfonamides is 1. The van der Waals surface area contributed by atoms with Crippen molar-refractivity contribution in [3.8, 4) is 0 Å². The SMILES string of the molecule is CCCCCCCCCCCCCCCCCCNC(=O)OCC(CNS(=O)(=O)CCCCCl)OC. The molecule has 36 heavy (non-hydrogen) atoms. The second-order valence-corrected chi connectivity index (χ2v) is 12.1. The van der Waals surface area contributed by atoms with Crippen molar-refractivity contribution < 1.29 is 22.7 Å². The summed E-state index contributed by atoms with van der Waals surface area (Å²) in [5, 5.41) is 2.75. The molecule has 0 rings (SSSR count). The molecule has 0 aliphatic heterocycles. The topological polar surface area (TPSA) is 93.7 Å². The summed E-state index contributed by atoms with van der Waals surface area (Å²) in [4.78, 5) is 11.9. The summed E-state index contributed by atoms with van der Waals surface area (Å²) in [6, 6.07) is 0. The first-order valence-corrected chi connectivity index (χ1v) is 16.6. The number of alkyl carbamates (subject to hydrolysis) is 1. The molecule has 0 bridgehead atoms. The summed E-state index contributed by atoms with van der Waals surface area (Å²) in [5.41, 5.74) is 0. The van der Waals surface area contributed by atoms with Crippen LogP contribution in [0.3, 0.4) is 0 Å². The molecule has 1 unspecified atom stereocenters. The van der Waals surface area contributed by atoms with Crippen molar-refractivity contribution in [3.63, 3.8) is 0 Å². The van der Waals surface area contributed by atoms with Gasteiger partial charge < -0.3 is 14.8 Å². The van der Waals surface area contributed by atoms with Crippen molar-refractivity contribution in [2.24, 2.45) is 0 Å². The minimum Gasteiger partial charge on any atom is -0.447 e. The lowest BCUT2D eigenvalue weighted by molar-refractivity contribution is 0.0384. The fraction of sp³-hybridized carbons (Fsp3) is 0.963. The van der Waals surface area contributed by atoms with Crippen LogP contribution in [-0.4, -0.2) is 59.1 Å². The molecule has 0 aromatic carbocycles. The van der Waals surface area contributed by atoms with Crippen molar-refractivity contribution in [2.75, 3.05) is 38.4 Å². The third-order valence-electron chi connectivity index (χ3n) is 6.36. The zero-order valence-electron chi connectivity index (χ0n) is 23.2. The number of nitrogens with one attached hydrogen (secondary N) is 2. The maximum Gasteiger partial charge on any atom is 0.407 e. The fourth-order valence-corrected chi connectivity index (χ4v) is 5.33. The number of methoxy groups -OCH3 is 1. The first kappa shape index (κ1) is 35.4. The van der Waals surface area contributed by atoms with E-state index >= 15 is 0 Å². The molecule has 0 spiro atoms. The highest BCUT2D eigenvalue weighted by Gasteiger charge is 2.16. The van der Waals surface area contributed by atoms with Gasteiger partial charge in [-0.1, -0.05) is 103 Å². The van der Waals surface area contributed by atoms with Gasteiger partial charge in [-0.3, -0.25) is 0 Å². The van der Waals surface area contributed by atoms with Gasteiger partial charge in [0.1, 0.15) is 12.7 Å². The number of rotatable bonds is 27. The molecular weight excluding hydrogens is 500 g/mol. The number of hydrogen-bond acceptors (Lipinski definition) is 5. The number of halogens is 1. The summed E-state index contributed by atoms with van der Waals surface area (Å²) in [6.45, 7) is 2.91. The molecule has 1 atom stereocenters. The molecule has 0 fully saturated rings. The number of unbranched alkanes of at least 4 members (excludes halogenated alkanes) is 16. The van der Waals surface area contributed by atoms with E-state index in [2.05, 4.69) is 17.0 Å². The van der Waals surface area contributed by atoms with Crippen molar-refractivity contribution >= 4 is 27.7 Å². The minimum absolute atomic E-state index is 0.00844. The Labute approximate surface area is 227 Å². The predicted molar refractivity (Wildman–Crippen MR) is 151 cm³/mol. The summed E-state index contributed by atoms with van der Waals surface area (Å²) in [5.74, 6) is 0.468. The van der Waals surface area contributed by atoms with Gasteiger partial charge >= 0.3 is 6.09 Å². The number of carbonyl (C=O) groups excluding carboxylic acids is 1. The maximum atomic E-state index is 11.9. The van der Waals surface area contributed by atoms with Crippen molar-refractivity contribution in [3.05, 3.63) is 0 Å². The Morgan fingerprint density at radius 2 is 1.28 bits per heavy atom. The quantitative estimate of drug-likeness (QED) is 0.0848. The van der Waals surface area contributed by atoms with Crippen LogP contribution >= 0.6 is 11.6 Å². The average molecular weight is 555 g/mol. The van der Waals surface area contributed by atoms with Crippen molar-refractivity contribution in [1.82, 2.24) is 10.0 Å². The predicted octanol–water partition coefficient (Wildman–Crippen LogP) is 6.93. The van der Waals surface area contributed by atoms with E-state index < -0.39 is 22.2 Å². The van der Waals surface area contributed by atoms with Gasteiger partial charge in [-0.2, -0.15) is 0 Å². The molecule has 9 heteroatoms. The smallest absolute Gasteiger partial charge is 0.407 e. The van der Waals surface area contributed by atoms with E-state index in [4.69, 9.17) is 21.1 Å². The van der Waals surface area contributed by atoms with Crippen molar-refractivity contribution in [2.45, 2.75) is 129 Å². The van der Waals surface area contributed by atoms with Crippen LogP contribution in [0.4, 0.5) is 4.79 Å². The second-order valence-electron chi connectivity index (χ2n) is 9.75. The van der Waals surface area contributed by atoms with Crippen LogP contribution < -0.4 is 10.0 Å². The van der Waals surface area contributed by atoms with E-state index in [1.54, 1.807) is 0 Å². The Hall–Kier alpha value is -0.570. The first-order chi connectivity index (χ1) is 17.4. The lowest BCUT2D eigenvalue weighted by Crippen LogP contribution is -2.38. The molecule has 7 nitrogen and oxygen atoms in total. The first-order valence-electron chi connectivity index (χ1n) is 14.4. The van der Waals surface area contributed by atoms with E-state index in [9.17, 15) is 13.2 Å². The maximum absolute atomic E-state index is 11.9. The number of alkyl halides is 1. The van der Waals surface area contributed by atoms with Crippen LogP contribution in [-0.2, 0) is 19.5 Å².